The Labute approximate surface area is 135 Å². The third-order valence-electron chi connectivity index (χ3n) is 1.92. The van der Waals surface area contributed by atoms with Crippen LogP contribution >= 0.6 is 39.9 Å². The molecule has 1 aromatic carbocycles. The van der Waals surface area contributed by atoms with Crippen molar-refractivity contribution in [2.75, 3.05) is 10.6 Å². The van der Waals surface area contributed by atoms with Gasteiger partial charge >= 0.3 is 15.5 Å². The van der Waals surface area contributed by atoms with Gasteiger partial charge in [-0.15, -0.1) is 0 Å². The Hall–Kier alpha value is -1.10. The number of thiocarbonyl (C=S) groups is 2. The summed E-state index contributed by atoms with van der Waals surface area (Å²) in [5.41, 5.74) is 0.562. The van der Waals surface area contributed by atoms with Gasteiger partial charge in [-0.25, -0.2) is 9.13 Å². The first kappa shape index (κ1) is 18.9. The monoisotopic (exact) mass is 386 g/mol. The Morgan fingerprint density at radius 3 is 1.41 bits per heavy atom. The molecule has 1 rings (SSSR count). The maximum absolute atomic E-state index is 10.8. The topological polar surface area (TPSA) is 163 Å². The molecule has 0 saturated carbocycles. The second-order valence-electron chi connectivity index (χ2n) is 3.77. The van der Waals surface area contributed by atoms with Crippen LogP contribution in [-0.2, 0) is 9.13 Å². The zero-order valence-corrected chi connectivity index (χ0v) is 14.0. The Morgan fingerprint density at radius 1 is 0.818 bits per heavy atom. The summed E-state index contributed by atoms with van der Waals surface area (Å²) in [7, 11) is -9.09. The van der Waals surface area contributed by atoms with Crippen LogP contribution in [0.5, 0.6) is 0 Å². The molecule has 0 aromatic heterocycles. The molecule has 0 amide bonds. The molecule has 1 aromatic rings. The molecule has 0 fully saturated rings. The van der Waals surface area contributed by atoms with Gasteiger partial charge < -0.3 is 30.2 Å². The average molecular weight is 386 g/mol. The van der Waals surface area contributed by atoms with Gasteiger partial charge in [0, 0.05) is 0 Å². The highest BCUT2D eigenvalue weighted by Gasteiger charge is 2.17. The first-order chi connectivity index (χ1) is 9.96. The van der Waals surface area contributed by atoms with Gasteiger partial charge in [-0.1, -0.05) is 12.1 Å². The van der Waals surface area contributed by atoms with Crippen molar-refractivity contribution in [3.8, 4) is 0 Å². The summed E-state index contributed by atoms with van der Waals surface area (Å²) in [6, 6.07) is 6.23. The van der Waals surface area contributed by atoms with E-state index in [0.717, 1.165) is 0 Å². The van der Waals surface area contributed by atoms with Crippen LogP contribution in [0.2, 0.25) is 0 Å². The van der Waals surface area contributed by atoms with Crippen molar-refractivity contribution in [3.63, 3.8) is 0 Å². The molecule has 0 aliphatic heterocycles. The van der Waals surface area contributed by atoms with Crippen molar-refractivity contribution in [2.24, 2.45) is 0 Å². The molecule has 122 valence electrons. The molecule has 22 heavy (non-hydrogen) atoms. The summed E-state index contributed by atoms with van der Waals surface area (Å²) >= 11 is 9.46. The quantitative estimate of drug-likeness (QED) is 0.267. The molecule has 0 heterocycles. The predicted molar refractivity (Wildman–Crippen MR) is 89.2 cm³/mol. The Kier molecular flexibility index (Phi) is 6.41. The van der Waals surface area contributed by atoms with E-state index in [1.807, 2.05) is 0 Å². The molecule has 0 atom stereocenters. The number of nitrogens with one attached hydrogen (secondary N) is 4. The molecule has 0 aliphatic carbocycles. The molecule has 10 nitrogen and oxygen atoms in total. The molecule has 0 bridgehead atoms. The normalized spacial score (nSPS) is 11.5. The van der Waals surface area contributed by atoms with E-state index < -0.39 is 15.5 Å². The first-order valence-electron chi connectivity index (χ1n) is 5.35. The third-order valence-corrected chi connectivity index (χ3v) is 3.66. The number of anilines is 2. The largest absolute Gasteiger partial charge is 0.429 e. The Balaban J connectivity index is 2.82. The number of hydrogen-bond donors (Lipinski definition) is 8. The zero-order valence-electron chi connectivity index (χ0n) is 10.6. The van der Waals surface area contributed by atoms with E-state index in [9.17, 15) is 9.13 Å². The van der Waals surface area contributed by atoms with Crippen LogP contribution in [-0.4, -0.2) is 29.8 Å². The van der Waals surface area contributed by atoms with Crippen LogP contribution in [0, 0.1) is 0 Å². The van der Waals surface area contributed by atoms with E-state index in [2.05, 4.69) is 10.6 Å². The van der Waals surface area contributed by atoms with Gasteiger partial charge in [0.15, 0.2) is 10.2 Å². The lowest BCUT2D eigenvalue weighted by molar-refractivity contribution is 0.365. The van der Waals surface area contributed by atoms with Gasteiger partial charge in [-0.05, 0) is 36.6 Å². The Morgan fingerprint density at radius 2 is 1.14 bits per heavy atom. The summed E-state index contributed by atoms with van der Waals surface area (Å²) in [4.78, 5) is 35.0. The molecule has 0 spiro atoms. The number of hydrogen-bond acceptors (Lipinski definition) is 4. The van der Waals surface area contributed by atoms with E-state index in [-0.39, 0.29) is 21.6 Å². The summed E-state index contributed by atoms with van der Waals surface area (Å²) in [6.07, 6.45) is 0. The zero-order chi connectivity index (χ0) is 17.0. The van der Waals surface area contributed by atoms with Crippen molar-refractivity contribution in [2.45, 2.75) is 0 Å². The molecule has 0 unspecified atom stereocenters. The van der Waals surface area contributed by atoms with Crippen molar-refractivity contribution >= 4 is 61.5 Å². The van der Waals surface area contributed by atoms with E-state index in [1.165, 1.54) is 12.1 Å². The minimum Gasteiger partial charge on any atom is -0.331 e. The maximum Gasteiger partial charge on any atom is 0.429 e. The van der Waals surface area contributed by atoms with Crippen molar-refractivity contribution in [1.29, 1.82) is 0 Å². The number of benzene rings is 1. The lowest BCUT2D eigenvalue weighted by Gasteiger charge is -2.16. The van der Waals surface area contributed by atoms with Gasteiger partial charge in [-0.3, -0.25) is 10.2 Å². The Bertz CT molecular complexity index is 617. The minimum absolute atomic E-state index is 0.281. The molecular formula is C8H12N4O6P2S2. The minimum atomic E-state index is -4.54. The fourth-order valence-electron chi connectivity index (χ4n) is 1.27. The number of para-hydroxylation sites is 2. The molecule has 0 aliphatic rings. The van der Waals surface area contributed by atoms with E-state index in [4.69, 9.17) is 44.0 Å². The van der Waals surface area contributed by atoms with Gasteiger partial charge in [0.25, 0.3) is 0 Å². The summed E-state index contributed by atoms with van der Waals surface area (Å²) in [6.45, 7) is 0. The highest BCUT2D eigenvalue weighted by Crippen LogP contribution is 2.30. The van der Waals surface area contributed by atoms with E-state index in [0.29, 0.717) is 0 Å². The van der Waals surface area contributed by atoms with Crippen LogP contribution in [0.25, 0.3) is 0 Å². The van der Waals surface area contributed by atoms with Gasteiger partial charge in [0.1, 0.15) is 0 Å². The summed E-state index contributed by atoms with van der Waals surface area (Å²) in [5.74, 6) is 0. The second-order valence-corrected chi connectivity index (χ2v) is 7.21. The van der Waals surface area contributed by atoms with E-state index >= 15 is 0 Å². The fraction of sp³-hybridized carbons (Fsp3) is 0. The lowest BCUT2D eigenvalue weighted by Crippen LogP contribution is -2.28. The SMILES string of the molecule is O=P(O)(O)NC(=S)Nc1ccccc1NC(=S)NP(=O)(O)O. The molecule has 14 heteroatoms. The highest BCUT2D eigenvalue weighted by molar-refractivity contribution is 7.81. The highest BCUT2D eigenvalue weighted by atomic mass is 32.1. The predicted octanol–water partition coefficient (Wildman–Crippen LogP) is 0.445. The number of rotatable bonds is 4. The molecule has 8 N–H and O–H groups in total. The van der Waals surface area contributed by atoms with Crippen molar-refractivity contribution < 1.29 is 28.7 Å². The standard InChI is InChI=1S/C8H12N4O6P2S2/c13-19(14,15)11-7(21)9-5-3-1-2-4-6(5)10-8(22)12-20(16,17)18/h1-4H,(H4,9,11,13,14,15,21)(H4,10,12,16,17,18,22). The van der Waals surface area contributed by atoms with Crippen LogP contribution in [0.15, 0.2) is 24.3 Å². The maximum atomic E-state index is 10.8. The summed E-state index contributed by atoms with van der Waals surface area (Å²) < 4.78 is 21.5. The van der Waals surface area contributed by atoms with Gasteiger partial charge in [0.2, 0.25) is 0 Å². The van der Waals surface area contributed by atoms with Crippen molar-refractivity contribution in [3.05, 3.63) is 24.3 Å². The van der Waals surface area contributed by atoms with Gasteiger partial charge in [0.05, 0.1) is 11.4 Å². The molecule has 0 saturated heterocycles. The molecule has 0 radical (unpaired) electrons. The van der Waals surface area contributed by atoms with Crippen LogP contribution in [0.3, 0.4) is 0 Å². The molecular weight excluding hydrogens is 374 g/mol. The fourth-order valence-corrected chi connectivity index (χ4v) is 2.84. The summed E-state index contributed by atoms with van der Waals surface area (Å²) in [5, 5.41) is 7.91. The third kappa shape index (κ3) is 7.78. The average Bonchev–Trinajstić information content (AvgIpc) is 2.26. The first-order valence-corrected chi connectivity index (χ1v) is 9.39. The van der Waals surface area contributed by atoms with Crippen LogP contribution < -0.4 is 20.8 Å². The second kappa shape index (κ2) is 7.44. The van der Waals surface area contributed by atoms with Crippen LogP contribution in [0.4, 0.5) is 11.4 Å². The lowest BCUT2D eigenvalue weighted by atomic mass is 10.2. The smallest absolute Gasteiger partial charge is 0.331 e. The van der Waals surface area contributed by atoms with Crippen LogP contribution in [0.1, 0.15) is 0 Å². The van der Waals surface area contributed by atoms with Crippen molar-refractivity contribution in [1.82, 2.24) is 10.2 Å². The van der Waals surface area contributed by atoms with Gasteiger partial charge in [-0.2, -0.15) is 0 Å². The van der Waals surface area contributed by atoms with E-state index in [1.54, 1.807) is 22.3 Å².